The third-order valence-electron chi connectivity index (χ3n) is 6.35. The molecule has 2 aromatic rings. The first-order valence-electron chi connectivity index (χ1n) is 12.4. The fourth-order valence-corrected chi connectivity index (χ4v) is 6.19. The van der Waals surface area contributed by atoms with Crippen molar-refractivity contribution < 1.29 is 27.9 Å². The molecule has 0 spiro atoms. The monoisotopic (exact) mass is 519 g/mol. The number of nitrogens with zero attached hydrogens (tertiary/aromatic N) is 2. The van der Waals surface area contributed by atoms with Crippen molar-refractivity contribution in [2.24, 2.45) is 11.8 Å². The number of nitrogens with one attached hydrogen (secondary N) is 1. The molecule has 1 aromatic carbocycles. The zero-order chi connectivity index (χ0) is 26.1. The maximum atomic E-state index is 13.9. The molecule has 0 saturated heterocycles. The van der Waals surface area contributed by atoms with E-state index in [1.807, 2.05) is 6.92 Å². The van der Waals surface area contributed by atoms with Crippen LogP contribution in [-0.4, -0.2) is 54.2 Å². The van der Waals surface area contributed by atoms with Crippen LogP contribution in [0.15, 0.2) is 53.7 Å². The number of sulfonamides is 1. The van der Waals surface area contributed by atoms with Crippen molar-refractivity contribution in [3.8, 4) is 5.75 Å². The third-order valence-corrected chi connectivity index (χ3v) is 8.19. The van der Waals surface area contributed by atoms with Crippen LogP contribution in [0, 0.1) is 11.8 Å². The Labute approximate surface area is 213 Å². The molecule has 1 aliphatic rings. The number of hydrogen-bond acceptors (Lipinski definition) is 7. The zero-order valence-electron chi connectivity index (χ0n) is 21.2. The van der Waals surface area contributed by atoms with Crippen LogP contribution in [0.2, 0.25) is 0 Å². The van der Waals surface area contributed by atoms with Gasteiger partial charge in [-0.25, -0.2) is 13.9 Å². The molecule has 1 saturated carbocycles. The molecule has 0 bridgehead atoms. The average molecular weight is 520 g/mol. The number of hydrogen-bond donors (Lipinski definition) is 2. The van der Waals surface area contributed by atoms with Crippen LogP contribution in [0.4, 0.5) is 0 Å². The predicted octanol–water partition coefficient (Wildman–Crippen LogP) is 3.78. The Morgan fingerprint density at radius 1 is 1.11 bits per heavy atom. The predicted molar refractivity (Wildman–Crippen MR) is 135 cm³/mol. The summed E-state index contributed by atoms with van der Waals surface area (Å²) in [6.07, 6.45) is 5.89. The molecule has 0 radical (unpaired) electrons. The van der Waals surface area contributed by atoms with Gasteiger partial charge in [0, 0.05) is 25.5 Å². The molecule has 1 fully saturated rings. The van der Waals surface area contributed by atoms with E-state index in [2.05, 4.69) is 18.8 Å². The Balaban J connectivity index is 1.93. The summed E-state index contributed by atoms with van der Waals surface area (Å²) in [4.78, 5) is 17.1. The summed E-state index contributed by atoms with van der Waals surface area (Å²) in [5.41, 5.74) is 2.41. The van der Waals surface area contributed by atoms with Gasteiger partial charge in [0.1, 0.15) is 11.8 Å². The van der Waals surface area contributed by atoms with E-state index in [1.165, 1.54) is 16.4 Å². The molecular formula is C26H37N3O6S. The lowest BCUT2D eigenvalue weighted by molar-refractivity contribution is -0.136. The second-order valence-electron chi connectivity index (χ2n) is 9.50. The van der Waals surface area contributed by atoms with E-state index in [-0.39, 0.29) is 23.5 Å². The third kappa shape index (κ3) is 7.25. The van der Waals surface area contributed by atoms with E-state index >= 15 is 0 Å². The van der Waals surface area contributed by atoms with Gasteiger partial charge in [-0.3, -0.25) is 15.0 Å². The fraction of sp³-hybridized carbons (Fsp3) is 0.538. The van der Waals surface area contributed by atoms with Gasteiger partial charge in [0.15, 0.2) is 0 Å². The largest absolute Gasteiger partial charge is 0.494 e. The Bertz CT molecular complexity index is 1050. The van der Waals surface area contributed by atoms with Crippen LogP contribution in [0.25, 0.3) is 0 Å². The van der Waals surface area contributed by atoms with Crippen LogP contribution in [0.3, 0.4) is 0 Å². The number of benzene rings is 1. The highest BCUT2D eigenvalue weighted by molar-refractivity contribution is 7.89. The Kier molecular flexibility index (Phi) is 10.2. The normalized spacial score (nSPS) is 19.3. The van der Waals surface area contributed by atoms with Crippen molar-refractivity contribution in [3.05, 3.63) is 54.4 Å². The van der Waals surface area contributed by atoms with Crippen molar-refractivity contribution in [1.29, 1.82) is 0 Å². The Hall–Kier alpha value is -2.53. The number of carbonyl (C=O) groups excluding carboxylic acids is 1. The molecule has 1 amide bonds. The van der Waals surface area contributed by atoms with Crippen LogP contribution in [0.1, 0.15) is 52.0 Å². The molecule has 9 nitrogen and oxygen atoms in total. The van der Waals surface area contributed by atoms with Gasteiger partial charge >= 0.3 is 0 Å². The minimum Gasteiger partial charge on any atom is -0.494 e. The van der Waals surface area contributed by atoms with Crippen LogP contribution in [0.5, 0.6) is 5.75 Å². The second kappa shape index (κ2) is 13.1. The van der Waals surface area contributed by atoms with Crippen molar-refractivity contribution in [2.75, 3.05) is 13.2 Å². The molecular weight excluding hydrogens is 482 g/mol. The van der Waals surface area contributed by atoms with Crippen molar-refractivity contribution in [3.63, 3.8) is 0 Å². The topological polar surface area (TPSA) is 118 Å². The van der Waals surface area contributed by atoms with Gasteiger partial charge in [-0.05, 0) is 86.4 Å². The van der Waals surface area contributed by atoms with Crippen molar-refractivity contribution in [1.82, 2.24) is 14.8 Å². The highest BCUT2D eigenvalue weighted by atomic mass is 32.2. The summed E-state index contributed by atoms with van der Waals surface area (Å²) in [7, 11) is -4.12. The second-order valence-corrected chi connectivity index (χ2v) is 11.4. The molecule has 1 aromatic heterocycles. The minimum atomic E-state index is -4.12. The highest BCUT2D eigenvalue weighted by Gasteiger charge is 2.42. The van der Waals surface area contributed by atoms with Gasteiger partial charge in [-0.1, -0.05) is 13.8 Å². The number of ether oxygens (including phenoxy) is 2. The SMILES string of the molecule is CCOc1ccc(S(=O)(=O)N(Cc2ccncc2)C(C(=O)NO)[C@H]2CC[C@H](OCC(C)C)CC2)cc1. The molecule has 10 heteroatoms. The van der Waals surface area contributed by atoms with Gasteiger partial charge in [0.25, 0.3) is 5.91 Å². The lowest BCUT2D eigenvalue weighted by Crippen LogP contribution is -2.53. The molecule has 3 rings (SSSR count). The van der Waals surface area contributed by atoms with Gasteiger partial charge in [0.2, 0.25) is 10.0 Å². The fourth-order valence-electron chi connectivity index (χ4n) is 4.56. The molecule has 0 aliphatic heterocycles. The maximum absolute atomic E-state index is 13.9. The zero-order valence-corrected chi connectivity index (χ0v) is 22.0. The van der Waals surface area contributed by atoms with Crippen LogP contribution >= 0.6 is 0 Å². The van der Waals surface area contributed by atoms with E-state index in [4.69, 9.17) is 9.47 Å². The van der Waals surface area contributed by atoms with Gasteiger partial charge < -0.3 is 9.47 Å². The van der Waals surface area contributed by atoms with Gasteiger partial charge in [-0.2, -0.15) is 4.31 Å². The van der Waals surface area contributed by atoms with Crippen LogP contribution in [-0.2, 0) is 26.1 Å². The maximum Gasteiger partial charge on any atom is 0.262 e. The quantitative estimate of drug-likeness (QED) is 0.324. The van der Waals surface area contributed by atoms with Crippen LogP contribution < -0.4 is 10.2 Å². The summed E-state index contributed by atoms with van der Waals surface area (Å²) in [6, 6.07) is 8.48. The minimum absolute atomic E-state index is 0.0417. The van der Waals surface area contributed by atoms with E-state index in [9.17, 15) is 18.4 Å². The number of pyridine rings is 1. The Morgan fingerprint density at radius 3 is 2.31 bits per heavy atom. The van der Waals surface area contributed by atoms with Gasteiger partial charge in [-0.15, -0.1) is 0 Å². The van der Waals surface area contributed by atoms with E-state index in [0.717, 1.165) is 12.8 Å². The number of aromatic nitrogens is 1. The highest BCUT2D eigenvalue weighted by Crippen LogP contribution is 2.34. The van der Waals surface area contributed by atoms with Crippen molar-refractivity contribution in [2.45, 2.75) is 70.0 Å². The van der Waals surface area contributed by atoms with Gasteiger partial charge in [0.05, 0.1) is 17.6 Å². The van der Waals surface area contributed by atoms with E-state index in [0.29, 0.717) is 43.3 Å². The molecule has 1 atom stereocenters. The summed E-state index contributed by atoms with van der Waals surface area (Å²) >= 11 is 0. The molecule has 198 valence electrons. The standard InChI is InChI=1S/C26H37N3O6S/c1-4-34-22-9-11-24(12-10-22)36(32,33)29(17-20-13-15-27-16-14-20)25(26(30)28-31)21-5-7-23(8-6-21)35-18-19(2)3/h9-16,19,21,23,25,31H,4-8,17-18H2,1-3H3,(H,28,30)/t21-,23-,25?. The number of hydroxylamine groups is 1. The number of carbonyl (C=O) groups is 1. The first-order chi connectivity index (χ1) is 17.3. The molecule has 36 heavy (non-hydrogen) atoms. The molecule has 2 N–H and O–H groups in total. The first kappa shape index (κ1) is 28.0. The van der Waals surface area contributed by atoms with Crippen molar-refractivity contribution >= 4 is 15.9 Å². The van der Waals surface area contributed by atoms with E-state index in [1.54, 1.807) is 42.1 Å². The lowest BCUT2D eigenvalue weighted by Gasteiger charge is -2.38. The molecule has 1 aliphatic carbocycles. The Morgan fingerprint density at radius 2 is 1.75 bits per heavy atom. The average Bonchev–Trinajstić information content (AvgIpc) is 2.88. The first-order valence-corrected chi connectivity index (χ1v) is 13.9. The summed E-state index contributed by atoms with van der Waals surface area (Å²) < 4.78 is 40.5. The molecule has 1 unspecified atom stereocenters. The summed E-state index contributed by atoms with van der Waals surface area (Å²) in [5, 5.41) is 9.61. The number of amides is 1. The smallest absolute Gasteiger partial charge is 0.262 e. The summed E-state index contributed by atoms with van der Waals surface area (Å²) in [5.74, 6) is -0.0484. The lowest BCUT2D eigenvalue weighted by atomic mass is 9.82. The number of rotatable bonds is 12. The summed E-state index contributed by atoms with van der Waals surface area (Å²) in [6.45, 7) is 7.12. The molecule has 1 heterocycles. The van der Waals surface area contributed by atoms with E-state index < -0.39 is 22.0 Å².